The first-order valence-electron chi connectivity index (χ1n) is 7.29. The number of anilines is 1. The predicted molar refractivity (Wildman–Crippen MR) is 82.9 cm³/mol. The number of hydrogen-bond donors (Lipinski definition) is 1. The van der Waals surface area contributed by atoms with Crippen LogP contribution >= 0.6 is 11.6 Å². The minimum atomic E-state index is -0.959. The topological polar surface area (TPSA) is 40.5 Å². The van der Waals surface area contributed by atoms with Crippen LogP contribution < -0.4 is 4.90 Å². The number of halogens is 1. The molecule has 2 rings (SSSR count). The number of carboxylic acids is 1. The molecule has 0 atom stereocenters. The van der Waals surface area contributed by atoms with Crippen molar-refractivity contribution in [3.8, 4) is 0 Å². The monoisotopic (exact) mass is 295 g/mol. The molecule has 1 fully saturated rings. The number of hydrogen-bond acceptors (Lipinski definition) is 2. The van der Waals surface area contributed by atoms with Gasteiger partial charge in [0.15, 0.2) is 0 Å². The first-order chi connectivity index (χ1) is 9.54. The van der Waals surface area contributed by atoms with Crippen LogP contribution in [0.1, 0.15) is 49.4 Å². The minimum absolute atomic E-state index is 0.217. The van der Waals surface area contributed by atoms with Crippen LogP contribution in [0, 0.1) is 5.92 Å². The molecular formula is C16H22ClNO2. The fourth-order valence-electron chi connectivity index (χ4n) is 3.16. The highest BCUT2D eigenvalue weighted by Crippen LogP contribution is 2.34. The molecule has 4 heteroatoms. The van der Waals surface area contributed by atoms with E-state index in [4.69, 9.17) is 11.6 Å². The lowest BCUT2D eigenvalue weighted by Gasteiger charge is -2.36. The molecule has 1 aliphatic carbocycles. The largest absolute Gasteiger partial charge is 0.478 e. The average molecular weight is 296 g/mol. The van der Waals surface area contributed by atoms with Crippen molar-refractivity contribution in [2.75, 3.05) is 11.9 Å². The molecule has 3 nitrogen and oxygen atoms in total. The number of aromatic carboxylic acids is 1. The molecule has 0 radical (unpaired) electrons. The zero-order chi connectivity index (χ0) is 14.7. The molecule has 0 aliphatic heterocycles. The van der Waals surface area contributed by atoms with E-state index in [0.29, 0.717) is 11.1 Å². The van der Waals surface area contributed by atoms with E-state index in [9.17, 15) is 9.90 Å². The molecule has 1 aromatic carbocycles. The van der Waals surface area contributed by atoms with Crippen molar-refractivity contribution in [2.24, 2.45) is 5.92 Å². The summed E-state index contributed by atoms with van der Waals surface area (Å²) in [5, 5.41) is 9.67. The summed E-state index contributed by atoms with van der Waals surface area (Å²) in [5.41, 5.74) is 0.944. The lowest BCUT2D eigenvalue weighted by atomic mass is 9.84. The van der Waals surface area contributed by atoms with Crippen LogP contribution in [0.4, 0.5) is 5.69 Å². The highest BCUT2D eigenvalue weighted by molar-refractivity contribution is 6.34. The van der Waals surface area contributed by atoms with Crippen LogP contribution in [0.5, 0.6) is 0 Å². The Labute approximate surface area is 125 Å². The van der Waals surface area contributed by atoms with E-state index in [2.05, 4.69) is 11.8 Å². The van der Waals surface area contributed by atoms with E-state index in [1.807, 2.05) is 19.2 Å². The third kappa shape index (κ3) is 3.09. The summed E-state index contributed by atoms with van der Waals surface area (Å²) < 4.78 is 0. The SMILES string of the molecule is CCC1CCC(N(C)c2cccc(Cl)c2C(=O)O)CC1. The average Bonchev–Trinajstić information content (AvgIpc) is 2.46. The second kappa shape index (κ2) is 6.49. The van der Waals surface area contributed by atoms with Gasteiger partial charge >= 0.3 is 5.97 Å². The second-order valence-corrected chi connectivity index (χ2v) is 6.04. The van der Waals surface area contributed by atoms with Gasteiger partial charge in [-0.1, -0.05) is 31.0 Å². The van der Waals surface area contributed by atoms with Crippen molar-refractivity contribution < 1.29 is 9.90 Å². The quantitative estimate of drug-likeness (QED) is 0.892. The van der Waals surface area contributed by atoms with Gasteiger partial charge in [-0.25, -0.2) is 4.79 Å². The predicted octanol–water partition coefficient (Wildman–Crippen LogP) is 4.44. The van der Waals surface area contributed by atoms with Crippen molar-refractivity contribution in [1.29, 1.82) is 0 Å². The van der Waals surface area contributed by atoms with Gasteiger partial charge < -0.3 is 10.0 Å². The van der Waals surface area contributed by atoms with Crippen LogP contribution in [-0.2, 0) is 0 Å². The highest BCUT2D eigenvalue weighted by atomic mass is 35.5. The van der Waals surface area contributed by atoms with Gasteiger partial charge in [-0.3, -0.25) is 0 Å². The van der Waals surface area contributed by atoms with Gasteiger partial charge in [0.05, 0.1) is 10.7 Å². The number of carbonyl (C=O) groups is 1. The Kier molecular flexibility index (Phi) is 4.92. The summed E-state index contributed by atoms with van der Waals surface area (Å²) in [6.45, 7) is 2.24. The molecule has 0 heterocycles. The van der Waals surface area contributed by atoms with Gasteiger partial charge in [0, 0.05) is 13.1 Å². The Morgan fingerprint density at radius 2 is 2.00 bits per heavy atom. The third-order valence-electron chi connectivity index (χ3n) is 4.53. The van der Waals surface area contributed by atoms with E-state index >= 15 is 0 Å². The van der Waals surface area contributed by atoms with Crippen LogP contribution in [-0.4, -0.2) is 24.2 Å². The summed E-state index contributed by atoms with van der Waals surface area (Å²) in [7, 11) is 1.98. The molecule has 1 N–H and O–H groups in total. The fraction of sp³-hybridized carbons (Fsp3) is 0.562. The van der Waals surface area contributed by atoms with E-state index in [1.165, 1.54) is 19.3 Å². The summed E-state index contributed by atoms with van der Waals surface area (Å²) >= 11 is 6.05. The van der Waals surface area contributed by atoms with E-state index < -0.39 is 5.97 Å². The van der Waals surface area contributed by atoms with Gasteiger partial charge in [0.25, 0.3) is 0 Å². The molecule has 0 bridgehead atoms. The standard InChI is InChI=1S/C16H22ClNO2/c1-3-11-7-9-12(10-8-11)18(2)14-6-4-5-13(17)15(14)16(19)20/h4-6,11-12H,3,7-10H2,1-2H3,(H,19,20). The Morgan fingerprint density at radius 3 is 2.55 bits per heavy atom. The van der Waals surface area contributed by atoms with Crippen molar-refractivity contribution in [2.45, 2.75) is 45.1 Å². The molecule has 20 heavy (non-hydrogen) atoms. The normalized spacial score (nSPS) is 22.6. The molecule has 0 saturated heterocycles. The Balaban J connectivity index is 2.20. The molecule has 1 aromatic rings. The van der Waals surface area contributed by atoms with Gasteiger partial charge in [0.1, 0.15) is 5.56 Å². The lowest BCUT2D eigenvalue weighted by molar-refractivity contribution is 0.0697. The maximum absolute atomic E-state index is 11.4. The molecule has 1 aliphatic rings. The van der Waals surface area contributed by atoms with Crippen LogP contribution in [0.2, 0.25) is 5.02 Å². The Bertz CT molecular complexity index is 481. The van der Waals surface area contributed by atoms with E-state index in [-0.39, 0.29) is 5.56 Å². The number of rotatable bonds is 4. The third-order valence-corrected chi connectivity index (χ3v) is 4.84. The molecule has 0 aromatic heterocycles. The van der Waals surface area contributed by atoms with Gasteiger partial charge in [0.2, 0.25) is 0 Å². The van der Waals surface area contributed by atoms with Crippen molar-refractivity contribution in [1.82, 2.24) is 0 Å². The van der Waals surface area contributed by atoms with Crippen molar-refractivity contribution in [3.63, 3.8) is 0 Å². The first kappa shape index (κ1) is 15.2. The molecule has 0 spiro atoms. The zero-order valence-corrected chi connectivity index (χ0v) is 12.9. The van der Waals surface area contributed by atoms with Crippen molar-refractivity contribution in [3.05, 3.63) is 28.8 Å². The van der Waals surface area contributed by atoms with Crippen LogP contribution in [0.3, 0.4) is 0 Å². The highest BCUT2D eigenvalue weighted by Gasteiger charge is 2.26. The smallest absolute Gasteiger partial charge is 0.339 e. The van der Waals surface area contributed by atoms with E-state index in [1.54, 1.807) is 6.07 Å². The summed E-state index contributed by atoms with van der Waals surface area (Å²) in [5.74, 6) is -0.127. The van der Waals surface area contributed by atoms with E-state index in [0.717, 1.165) is 24.4 Å². The summed E-state index contributed by atoms with van der Waals surface area (Å²) in [4.78, 5) is 13.5. The minimum Gasteiger partial charge on any atom is -0.478 e. The van der Waals surface area contributed by atoms with Gasteiger partial charge in [-0.05, 0) is 43.7 Å². The van der Waals surface area contributed by atoms with Crippen LogP contribution in [0.15, 0.2) is 18.2 Å². The first-order valence-corrected chi connectivity index (χ1v) is 7.67. The number of benzene rings is 1. The Morgan fingerprint density at radius 1 is 1.35 bits per heavy atom. The Hall–Kier alpha value is -1.22. The maximum atomic E-state index is 11.4. The summed E-state index contributed by atoms with van der Waals surface area (Å²) in [6, 6.07) is 5.71. The molecule has 1 saturated carbocycles. The zero-order valence-electron chi connectivity index (χ0n) is 12.1. The summed E-state index contributed by atoms with van der Waals surface area (Å²) in [6.07, 6.45) is 5.96. The number of carboxylic acid groups (broad SMARTS) is 1. The van der Waals surface area contributed by atoms with Crippen molar-refractivity contribution >= 4 is 23.3 Å². The molecule has 0 amide bonds. The molecular weight excluding hydrogens is 274 g/mol. The second-order valence-electron chi connectivity index (χ2n) is 5.63. The lowest BCUT2D eigenvalue weighted by Crippen LogP contribution is -2.36. The fourth-order valence-corrected chi connectivity index (χ4v) is 3.41. The molecule has 0 unspecified atom stereocenters. The maximum Gasteiger partial charge on any atom is 0.339 e. The molecule has 110 valence electrons. The van der Waals surface area contributed by atoms with Crippen LogP contribution in [0.25, 0.3) is 0 Å². The van der Waals surface area contributed by atoms with Gasteiger partial charge in [-0.2, -0.15) is 0 Å². The van der Waals surface area contributed by atoms with Gasteiger partial charge in [-0.15, -0.1) is 0 Å². The number of nitrogens with zero attached hydrogens (tertiary/aromatic N) is 1.